The van der Waals surface area contributed by atoms with Crippen LogP contribution in [-0.2, 0) is 11.2 Å². The second-order valence-electron chi connectivity index (χ2n) is 6.39. The minimum Gasteiger partial charge on any atom is -0.508 e. The van der Waals surface area contributed by atoms with Crippen LogP contribution in [0.2, 0.25) is 0 Å². The maximum Gasteiger partial charge on any atom is 0.229 e. The quantitative estimate of drug-likeness (QED) is 0.482. The predicted molar refractivity (Wildman–Crippen MR) is 83.8 cm³/mol. The molecule has 1 heterocycles. The van der Waals surface area contributed by atoms with Gasteiger partial charge in [0, 0.05) is 17.0 Å². The van der Waals surface area contributed by atoms with Gasteiger partial charge in [-0.25, -0.2) is 0 Å². The van der Waals surface area contributed by atoms with E-state index in [0.29, 0.717) is 12.2 Å². The van der Waals surface area contributed by atoms with Crippen LogP contribution in [0.5, 0.6) is 11.5 Å². The molecular formula is C17H22O7. The molecule has 3 rings (SSSR count). The normalized spacial score (nSPS) is 35.0. The minimum absolute atomic E-state index is 0.0342. The van der Waals surface area contributed by atoms with E-state index in [9.17, 15) is 25.5 Å². The first-order chi connectivity index (χ1) is 11.3. The lowest BCUT2D eigenvalue weighted by atomic mass is 9.73. The number of phenols is 1. The summed E-state index contributed by atoms with van der Waals surface area (Å²) in [6.45, 7) is 5.30. The third-order valence-corrected chi connectivity index (χ3v) is 4.74. The maximum absolute atomic E-state index is 10.1. The molecule has 0 amide bonds. The smallest absolute Gasteiger partial charge is 0.229 e. The summed E-state index contributed by atoms with van der Waals surface area (Å²) in [6.07, 6.45) is -6.04. The molecule has 6 atom stereocenters. The molecule has 1 aromatic rings. The first kappa shape index (κ1) is 17.2. The zero-order valence-electron chi connectivity index (χ0n) is 13.3. The van der Waals surface area contributed by atoms with Gasteiger partial charge in [0.15, 0.2) is 0 Å². The summed E-state index contributed by atoms with van der Waals surface area (Å²) in [4.78, 5) is 0. The fourth-order valence-corrected chi connectivity index (χ4v) is 3.22. The average molecular weight is 338 g/mol. The number of hydrogen-bond acceptors (Lipinski definition) is 7. The summed E-state index contributed by atoms with van der Waals surface area (Å²) < 4.78 is 11.1. The Bertz CT molecular complexity index is 642. The van der Waals surface area contributed by atoms with E-state index in [1.165, 1.54) is 6.07 Å². The first-order valence-corrected chi connectivity index (χ1v) is 7.82. The summed E-state index contributed by atoms with van der Waals surface area (Å²) in [5.41, 5.74) is 2.45. The molecule has 1 aliphatic carbocycles. The first-order valence-electron chi connectivity index (χ1n) is 7.82. The molecule has 0 spiro atoms. The van der Waals surface area contributed by atoms with Crippen LogP contribution in [0.4, 0.5) is 0 Å². The molecule has 5 N–H and O–H groups in total. The Labute approximate surface area is 139 Å². The molecular weight excluding hydrogens is 316 g/mol. The van der Waals surface area contributed by atoms with Crippen LogP contribution in [0.3, 0.4) is 0 Å². The largest absolute Gasteiger partial charge is 0.508 e. The number of aliphatic hydroxyl groups excluding tert-OH is 4. The van der Waals surface area contributed by atoms with E-state index in [4.69, 9.17) is 9.47 Å². The molecule has 0 saturated carbocycles. The average Bonchev–Trinajstić information content (AvgIpc) is 2.50. The Morgan fingerprint density at radius 3 is 2.58 bits per heavy atom. The van der Waals surface area contributed by atoms with Gasteiger partial charge in [0.25, 0.3) is 0 Å². The molecule has 24 heavy (non-hydrogen) atoms. The van der Waals surface area contributed by atoms with Crippen molar-refractivity contribution in [1.82, 2.24) is 0 Å². The summed E-state index contributed by atoms with van der Waals surface area (Å²) in [7, 11) is 0. The number of fused-ring (bicyclic) bond motifs is 1. The summed E-state index contributed by atoms with van der Waals surface area (Å²) in [5.74, 6) is 0.613. The van der Waals surface area contributed by atoms with E-state index < -0.39 is 37.3 Å². The molecule has 1 saturated heterocycles. The molecule has 1 aromatic carbocycles. The third kappa shape index (κ3) is 2.68. The van der Waals surface area contributed by atoms with Crippen LogP contribution in [-0.4, -0.2) is 62.8 Å². The van der Waals surface area contributed by atoms with Crippen molar-refractivity contribution >= 4 is 0 Å². The Hall–Kier alpha value is -1.64. The Balaban J connectivity index is 1.86. The Morgan fingerprint density at radius 1 is 1.25 bits per heavy atom. The number of allylic oxidation sites excluding steroid dienone is 1. The SMILES string of the molecule is C=C(C)C1Cc2c(O)ccc(OC3OC(CO)C(O)C(O)C3O)c21. The number of hydrogen-bond donors (Lipinski definition) is 5. The van der Waals surface area contributed by atoms with Crippen LogP contribution in [0.25, 0.3) is 0 Å². The molecule has 1 fully saturated rings. The highest BCUT2D eigenvalue weighted by Gasteiger charge is 2.45. The second kappa shape index (κ2) is 6.34. The zero-order chi connectivity index (χ0) is 17.6. The van der Waals surface area contributed by atoms with Crippen molar-refractivity contribution in [2.45, 2.75) is 50.0 Å². The summed E-state index contributed by atoms with van der Waals surface area (Å²) in [6, 6.07) is 3.05. The number of aliphatic hydroxyl groups is 4. The van der Waals surface area contributed by atoms with E-state index in [1.807, 2.05) is 6.92 Å². The van der Waals surface area contributed by atoms with Gasteiger partial charge in [-0.15, -0.1) is 0 Å². The molecule has 6 unspecified atom stereocenters. The molecule has 0 bridgehead atoms. The van der Waals surface area contributed by atoms with Crippen molar-refractivity contribution in [2.75, 3.05) is 6.61 Å². The molecule has 0 radical (unpaired) electrons. The van der Waals surface area contributed by atoms with Crippen LogP contribution in [0.1, 0.15) is 24.0 Å². The van der Waals surface area contributed by atoms with Crippen LogP contribution < -0.4 is 4.74 Å². The van der Waals surface area contributed by atoms with Gasteiger partial charge in [-0.05, 0) is 25.5 Å². The topological polar surface area (TPSA) is 120 Å². The molecule has 1 aliphatic heterocycles. The van der Waals surface area contributed by atoms with E-state index in [0.717, 1.165) is 16.7 Å². The van der Waals surface area contributed by atoms with Gasteiger partial charge >= 0.3 is 0 Å². The number of benzene rings is 1. The standard InChI is InChI=1S/C17H22O7/c1-7(2)8-5-9-10(19)3-4-11(13(8)9)23-17-16(22)15(21)14(20)12(6-18)24-17/h3-4,8,12,14-22H,1,5-6H2,2H3. The van der Waals surface area contributed by atoms with E-state index in [1.54, 1.807) is 6.07 Å². The molecule has 132 valence electrons. The van der Waals surface area contributed by atoms with Crippen molar-refractivity contribution < 1.29 is 35.0 Å². The lowest BCUT2D eigenvalue weighted by Gasteiger charge is -2.41. The van der Waals surface area contributed by atoms with Gasteiger partial charge in [0.2, 0.25) is 6.29 Å². The molecule has 7 heteroatoms. The van der Waals surface area contributed by atoms with Gasteiger partial charge in [-0.2, -0.15) is 0 Å². The van der Waals surface area contributed by atoms with Crippen molar-refractivity contribution in [3.8, 4) is 11.5 Å². The van der Waals surface area contributed by atoms with Gasteiger partial charge in [0.1, 0.15) is 35.9 Å². The van der Waals surface area contributed by atoms with Crippen molar-refractivity contribution in [3.63, 3.8) is 0 Å². The van der Waals surface area contributed by atoms with Crippen molar-refractivity contribution in [2.24, 2.45) is 0 Å². The molecule has 2 aliphatic rings. The van der Waals surface area contributed by atoms with Gasteiger partial charge < -0.3 is 35.0 Å². The minimum atomic E-state index is -1.50. The summed E-state index contributed by atoms with van der Waals surface area (Å²) in [5, 5.41) is 48.9. The van der Waals surface area contributed by atoms with Crippen LogP contribution >= 0.6 is 0 Å². The third-order valence-electron chi connectivity index (χ3n) is 4.74. The lowest BCUT2D eigenvalue weighted by molar-refractivity contribution is -0.277. The van der Waals surface area contributed by atoms with Crippen molar-refractivity contribution in [3.05, 3.63) is 35.4 Å². The monoisotopic (exact) mass is 338 g/mol. The highest BCUT2D eigenvalue weighted by atomic mass is 16.7. The number of aromatic hydroxyl groups is 1. The van der Waals surface area contributed by atoms with Crippen molar-refractivity contribution in [1.29, 1.82) is 0 Å². The highest BCUT2D eigenvalue weighted by molar-refractivity contribution is 5.59. The number of rotatable bonds is 4. The van der Waals surface area contributed by atoms with E-state index in [2.05, 4.69) is 6.58 Å². The number of phenolic OH excluding ortho intramolecular Hbond substituents is 1. The van der Waals surface area contributed by atoms with E-state index >= 15 is 0 Å². The van der Waals surface area contributed by atoms with E-state index in [-0.39, 0.29) is 11.7 Å². The fourth-order valence-electron chi connectivity index (χ4n) is 3.22. The van der Waals surface area contributed by atoms with Crippen LogP contribution in [0.15, 0.2) is 24.3 Å². The molecule has 7 nitrogen and oxygen atoms in total. The highest BCUT2D eigenvalue weighted by Crippen LogP contribution is 2.49. The fraction of sp³-hybridized carbons (Fsp3) is 0.529. The maximum atomic E-state index is 10.1. The van der Waals surface area contributed by atoms with Gasteiger partial charge in [0.05, 0.1) is 6.61 Å². The Kier molecular flexibility index (Phi) is 4.54. The Morgan fingerprint density at radius 2 is 1.96 bits per heavy atom. The number of ether oxygens (including phenoxy) is 2. The molecule has 0 aromatic heterocycles. The summed E-state index contributed by atoms with van der Waals surface area (Å²) >= 11 is 0. The van der Waals surface area contributed by atoms with Crippen LogP contribution in [0, 0.1) is 0 Å². The zero-order valence-corrected chi connectivity index (χ0v) is 13.3. The second-order valence-corrected chi connectivity index (χ2v) is 6.39. The van der Waals surface area contributed by atoms with Gasteiger partial charge in [-0.1, -0.05) is 12.2 Å². The lowest BCUT2D eigenvalue weighted by Crippen LogP contribution is -2.60. The predicted octanol–water partition coefficient (Wildman–Crippen LogP) is -0.213. The van der Waals surface area contributed by atoms with Gasteiger partial charge in [-0.3, -0.25) is 0 Å².